The van der Waals surface area contributed by atoms with Gasteiger partial charge in [-0.05, 0) is 17.2 Å². The second-order valence-corrected chi connectivity index (χ2v) is 7.11. The first-order valence-electron chi connectivity index (χ1n) is 7.39. The normalized spacial score (nSPS) is 10.9. The molecule has 0 heterocycles. The highest BCUT2D eigenvalue weighted by molar-refractivity contribution is 7.92. The number of rotatable bonds is 8. The van der Waals surface area contributed by atoms with Crippen LogP contribution in [-0.4, -0.2) is 27.8 Å². The van der Waals surface area contributed by atoms with Crippen molar-refractivity contribution in [3.05, 3.63) is 65.7 Å². The number of anilines is 1. The van der Waals surface area contributed by atoms with E-state index in [-0.39, 0.29) is 25.5 Å². The number of hydrogen-bond acceptors (Lipinski definition) is 4. The second kappa shape index (κ2) is 9.64. The molecule has 0 saturated heterocycles. The molecular formula is C17H23ClN2O3S. The SMILES string of the molecule is CS(=O)(=O)N(CCOCc1ccccc1)c1ccccc1CN.Cl. The lowest BCUT2D eigenvalue weighted by Crippen LogP contribution is -2.34. The molecule has 0 aliphatic heterocycles. The number of halogens is 1. The molecule has 24 heavy (non-hydrogen) atoms. The van der Waals surface area contributed by atoms with E-state index < -0.39 is 10.0 Å². The summed E-state index contributed by atoms with van der Waals surface area (Å²) in [7, 11) is -3.40. The molecule has 0 aliphatic carbocycles. The maximum atomic E-state index is 12.1. The van der Waals surface area contributed by atoms with Crippen molar-refractivity contribution in [2.45, 2.75) is 13.2 Å². The quantitative estimate of drug-likeness (QED) is 0.725. The number of hydrogen-bond donors (Lipinski definition) is 1. The lowest BCUT2D eigenvalue weighted by atomic mass is 10.2. The summed E-state index contributed by atoms with van der Waals surface area (Å²) in [6.07, 6.45) is 1.19. The summed E-state index contributed by atoms with van der Waals surface area (Å²) in [5.74, 6) is 0. The predicted molar refractivity (Wildman–Crippen MR) is 99.9 cm³/mol. The third-order valence-electron chi connectivity index (χ3n) is 3.43. The lowest BCUT2D eigenvalue weighted by Gasteiger charge is -2.24. The highest BCUT2D eigenvalue weighted by atomic mass is 35.5. The highest BCUT2D eigenvalue weighted by Gasteiger charge is 2.19. The summed E-state index contributed by atoms with van der Waals surface area (Å²) < 4.78 is 31.1. The molecule has 0 atom stereocenters. The van der Waals surface area contributed by atoms with Crippen molar-refractivity contribution in [2.24, 2.45) is 5.73 Å². The van der Waals surface area contributed by atoms with E-state index >= 15 is 0 Å². The van der Waals surface area contributed by atoms with Crippen LogP contribution in [0, 0.1) is 0 Å². The van der Waals surface area contributed by atoms with E-state index in [9.17, 15) is 8.42 Å². The summed E-state index contributed by atoms with van der Waals surface area (Å²) in [6, 6.07) is 17.0. The molecule has 0 unspecified atom stereocenters. The fourth-order valence-electron chi connectivity index (χ4n) is 2.30. The molecule has 0 fully saturated rings. The van der Waals surface area contributed by atoms with Gasteiger partial charge in [0.1, 0.15) is 0 Å². The first kappa shape index (κ1) is 20.4. The van der Waals surface area contributed by atoms with Crippen LogP contribution in [0.2, 0.25) is 0 Å². The van der Waals surface area contributed by atoms with Gasteiger partial charge in [-0.25, -0.2) is 8.42 Å². The molecule has 2 aromatic carbocycles. The Hall–Kier alpha value is -1.60. The molecule has 0 bridgehead atoms. The Kier molecular flexibility index (Phi) is 8.21. The monoisotopic (exact) mass is 370 g/mol. The minimum atomic E-state index is -3.40. The molecule has 0 saturated carbocycles. The van der Waals surface area contributed by atoms with Crippen LogP contribution in [0.15, 0.2) is 54.6 Å². The van der Waals surface area contributed by atoms with Crippen molar-refractivity contribution >= 4 is 28.1 Å². The van der Waals surface area contributed by atoms with Crippen molar-refractivity contribution < 1.29 is 13.2 Å². The Morgan fingerprint density at radius 3 is 2.29 bits per heavy atom. The maximum Gasteiger partial charge on any atom is 0.232 e. The van der Waals surface area contributed by atoms with Gasteiger partial charge in [0.15, 0.2) is 0 Å². The largest absolute Gasteiger partial charge is 0.375 e. The van der Waals surface area contributed by atoms with Gasteiger partial charge in [-0.2, -0.15) is 0 Å². The topological polar surface area (TPSA) is 72.6 Å². The standard InChI is InChI=1S/C17H22N2O3S.ClH/c1-23(20,21)19(17-10-6-5-9-16(17)13-18)11-12-22-14-15-7-3-2-4-8-15;/h2-10H,11-14,18H2,1H3;1H. The number of benzene rings is 2. The Morgan fingerprint density at radius 1 is 1.04 bits per heavy atom. The molecule has 0 amide bonds. The third-order valence-corrected chi connectivity index (χ3v) is 4.61. The van der Waals surface area contributed by atoms with E-state index in [1.54, 1.807) is 12.1 Å². The highest BCUT2D eigenvalue weighted by Crippen LogP contribution is 2.22. The lowest BCUT2D eigenvalue weighted by molar-refractivity contribution is 0.128. The van der Waals surface area contributed by atoms with Gasteiger partial charge in [-0.3, -0.25) is 4.31 Å². The van der Waals surface area contributed by atoms with Gasteiger partial charge in [-0.15, -0.1) is 12.4 Å². The zero-order chi connectivity index (χ0) is 16.7. The molecular weight excluding hydrogens is 348 g/mol. The van der Waals surface area contributed by atoms with E-state index in [2.05, 4.69) is 0 Å². The number of sulfonamides is 1. The molecule has 5 nitrogen and oxygen atoms in total. The average molecular weight is 371 g/mol. The van der Waals surface area contributed by atoms with Crippen LogP contribution in [0.1, 0.15) is 11.1 Å². The number of nitrogens with two attached hydrogens (primary N) is 1. The second-order valence-electron chi connectivity index (χ2n) is 5.21. The predicted octanol–water partition coefficient (Wildman–Crippen LogP) is 2.55. The summed E-state index contributed by atoms with van der Waals surface area (Å²) in [5, 5.41) is 0. The number of nitrogens with zero attached hydrogens (tertiary/aromatic N) is 1. The summed E-state index contributed by atoms with van der Waals surface area (Å²) >= 11 is 0. The Labute approximate surface area is 149 Å². The first-order chi connectivity index (χ1) is 11.0. The van der Waals surface area contributed by atoms with Gasteiger partial charge in [-0.1, -0.05) is 48.5 Å². The third kappa shape index (κ3) is 5.79. The van der Waals surface area contributed by atoms with Crippen molar-refractivity contribution in [3.63, 3.8) is 0 Å². The first-order valence-corrected chi connectivity index (χ1v) is 9.24. The molecule has 0 aliphatic rings. The van der Waals surface area contributed by atoms with E-state index in [0.717, 1.165) is 11.1 Å². The van der Waals surface area contributed by atoms with Gasteiger partial charge in [0.2, 0.25) is 10.0 Å². The van der Waals surface area contributed by atoms with Crippen LogP contribution < -0.4 is 10.0 Å². The van der Waals surface area contributed by atoms with Crippen LogP contribution in [0.3, 0.4) is 0 Å². The summed E-state index contributed by atoms with van der Waals surface area (Å²) in [4.78, 5) is 0. The fourth-order valence-corrected chi connectivity index (χ4v) is 3.24. The van der Waals surface area contributed by atoms with Crippen molar-refractivity contribution in [1.82, 2.24) is 0 Å². The molecule has 2 aromatic rings. The maximum absolute atomic E-state index is 12.1. The number of para-hydroxylation sites is 1. The molecule has 132 valence electrons. The smallest absolute Gasteiger partial charge is 0.232 e. The van der Waals surface area contributed by atoms with Crippen LogP contribution in [0.4, 0.5) is 5.69 Å². The summed E-state index contributed by atoms with van der Waals surface area (Å²) in [6.45, 7) is 1.30. The van der Waals surface area contributed by atoms with Gasteiger partial charge >= 0.3 is 0 Å². The van der Waals surface area contributed by atoms with Crippen molar-refractivity contribution in [3.8, 4) is 0 Å². The molecule has 7 heteroatoms. The minimum absolute atomic E-state index is 0. The average Bonchev–Trinajstić information content (AvgIpc) is 2.54. The van der Waals surface area contributed by atoms with Crippen LogP contribution in [0.5, 0.6) is 0 Å². The Balaban J connectivity index is 0.00000288. The van der Waals surface area contributed by atoms with E-state index in [4.69, 9.17) is 10.5 Å². The van der Waals surface area contributed by atoms with E-state index in [1.807, 2.05) is 42.5 Å². The molecule has 2 rings (SSSR count). The van der Waals surface area contributed by atoms with Crippen molar-refractivity contribution in [1.29, 1.82) is 0 Å². The zero-order valence-corrected chi connectivity index (χ0v) is 15.2. The fraction of sp³-hybridized carbons (Fsp3) is 0.294. The van der Waals surface area contributed by atoms with Crippen molar-refractivity contribution in [2.75, 3.05) is 23.7 Å². The van der Waals surface area contributed by atoms with Gasteiger partial charge in [0, 0.05) is 6.54 Å². The zero-order valence-electron chi connectivity index (χ0n) is 13.6. The van der Waals surface area contributed by atoms with Crippen LogP contribution in [0.25, 0.3) is 0 Å². The Morgan fingerprint density at radius 2 is 1.67 bits per heavy atom. The summed E-state index contributed by atoms with van der Waals surface area (Å²) in [5.41, 5.74) is 8.17. The van der Waals surface area contributed by atoms with Gasteiger partial charge < -0.3 is 10.5 Å². The molecule has 0 radical (unpaired) electrons. The Bertz CT molecular complexity index is 724. The minimum Gasteiger partial charge on any atom is -0.375 e. The molecule has 0 aromatic heterocycles. The van der Waals surface area contributed by atoms with Gasteiger partial charge in [0.25, 0.3) is 0 Å². The number of ether oxygens (including phenoxy) is 1. The van der Waals surface area contributed by atoms with Crippen LogP contribution in [-0.2, 0) is 27.9 Å². The van der Waals surface area contributed by atoms with E-state index in [1.165, 1.54) is 10.6 Å². The molecule has 2 N–H and O–H groups in total. The molecule has 0 spiro atoms. The van der Waals surface area contributed by atoms with E-state index in [0.29, 0.717) is 18.9 Å². The van der Waals surface area contributed by atoms with Crippen LogP contribution >= 0.6 is 12.4 Å². The van der Waals surface area contributed by atoms with Gasteiger partial charge in [0.05, 0.1) is 31.7 Å².